The third kappa shape index (κ3) is 6.68. The van der Waals surface area contributed by atoms with Crippen molar-refractivity contribution in [3.63, 3.8) is 0 Å². The van der Waals surface area contributed by atoms with Gasteiger partial charge in [-0.1, -0.05) is 10.3 Å². The van der Waals surface area contributed by atoms with Crippen LogP contribution in [0.2, 0.25) is 0 Å². The Balaban J connectivity index is 2.85. The van der Waals surface area contributed by atoms with Gasteiger partial charge in [-0.05, 0) is 20.3 Å². The number of amides is 4. The molecule has 0 aromatic carbocycles. The van der Waals surface area contributed by atoms with Crippen molar-refractivity contribution in [2.24, 2.45) is 32.0 Å². The van der Waals surface area contributed by atoms with Crippen molar-refractivity contribution in [1.82, 2.24) is 20.7 Å². The number of carbonyl (C=O) groups excluding carboxylic acids is 2. The first-order valence-electron chi connectivity index (χ1n) is 7.94. The van der Waals surface area contributed by atoms with Crippen LogP contribution in [-0.2, 0) is 0 Å². The van der Waals surface area contributed by atoms with Crippen LogP contribution in [0, 0.1) is 0 Å². The van der Waals surface area contributed by atoms with E-state index in [0.29, 0.717) is 32.6 Å². The maximum absolute atomic E-state index is 10.8. The van der Waals surface area contributed by atoms with E-state index in [1.165, 1.54) is 0 Å². The van der Waals surface area contributed by atoms with E-state index in [4.69, 9.17) is 11.5 Å². The molecule has 1 rings (SSSR count). The van der Waals surface area contributed by atoms with Gasteiger partial charge in [0.05, 0.1) is 0 Å². The molecule has 1 fully saturated rings. The third-order valence-corrected chi connectivity index (χ3v) is 3.60. The van der Waals surface area contributed by atoms with Crippen LogP contribution >= 0.6 is 0 Å². The molecule has 1 saturated heterocycles. The molecule has 0 bridgehead atoms. The molecule has 14 nitrogen and oxygen atoms in total. The lowest BCUT2D eigenvalue weighted by molar-refractivity contribution is 0.248. The number of urea groups is 2. The largest absolute Gasteiger partial charge is 0.409 e. The molecule has 0 aliphatic carbocycles. The molecule has 150 valence electrons. The SMILES string of the molecule is CC(=NNC(N)=O)C(=NO)N1CCCN(C(=NO)C(C)=NNC(N)=O)CC1. The standard InChI is InChI=1S/C13H24N10O4/c1-8(16-18-12(14)24)10(20-26)22-4-3-5-23(7-6-22)11(21-27)9(2)17-19-13(15)25/h26-27H,3-7H2,1-2H3,(H3,14,18,24)(H3,15,19,25). The number of primary amides is 2. The van der Waals surface area contributed by atoms with E-state index in [-0.39, 0.29) is 23.1 Å². The monoisotopic (exact) mass is 384 g/mol. The summed E-state index contributed by atoms with van der Waals surface area (Å²) < 4.78 is 0. The van der Waals surface area contributed by atoms with Crippen molar-refractivity contribution >= 4 is 35.2 Å². The summed E-state index contributed by atoms with van der Waals surface area (Å²) in [5.74, 6) is 0.350. The van der Waals surface area contributed by atoms with Crippen LogP contribution in [-0.4, -0.2) is 81.6 Å². The van der Waals surface area contributed by atoms with Crippen molar-refractivity contribution in [2.75, 3.05) is 26.2 Å². The van der Waals surface area contributed by atoms with Gasteiger partial charge in [0.1, 0.15) is 11.4 Å². The van der Waals surface area contributed by atoms with Gasteiger partial charge >= 0.3 is 12.1 Å². The van der Waals surface area contributed by atoms with Crippen LogP contribution in [0.15, 0.2) is 20.5 Å². The minimum absolute atomic E-state index is 0.175. The van der Waals surface area contributed by atoms with Gasteiger partial charge in [-0.15, -0.1) is 0 Å². The molecule has 0 radical (unpaired) electrons. The summed E-state index contributed by atoms with van der Waals surface area (Å²) in [6.07, 6.45) is 0.630. The molecule has 4 amide bonds. The van der Waals surface area contributed by atoms with Gasteiger partial charge in [-0.25, -0.2) is 20.4 Å². The number of nitrogens with two attached hydrogens (primary N) is 2. The molecule has 0 aromatic heterocycles. The Bertz CT molecular complexity index is 616. The van der Waals surface area contributed by atoms with Crippen molar-refractivity contribution in [3.8, 4) is 0 Å². The van der Waals surface area contributed by atoms with Crippen LogP contribution in [0.4, 0.5) is 9.59 Å². The number of nitrogens with zero attached hydrogens (tertiary/aromatic N) is 6. The Kier molecular flexibility index (Phi) is 8.28. The lowest BCUT2D eigenvalue weighted by Crippen LogP contribution is -2.42. The maximum Gasteiger partial charge on any atom is 0.332 e. The number of carbonyl (C=O) groups is 2. The second-order valence-electron chi connectivity index (χ2n) is 5.52. The van der Waals surface area contributed by atoms with Gasteiger partial charge in [-0.3, -0.25) is 0 Å². The molecule has 0 aromatic rings. The fourth-order valence-electron chi connectivity index (χ4n) is 2.45. The first-order valence-corrected chi connectivity index (χ1v) is 7.94. The summed E-state index contributed by atoms with van der Waals surface area (Å²) in [6.45, 7) is 4.96. The summed E-state index contributed by atoms with van der Waals surface area (Å²) in [5.41, 5.74) is 14.6. The molecular weight excluding hydrogens is 360 g/mol. The first kappa shape index (κ1) is 21.5. The lowest BCUT2D eigenvalue weighted by atomic mass is 10.3. The van der Waals surface area contributed by atoms with Crippen LogP contribution in [0.1, 0.15) is 20.3 Å². The predicted molar refractivity (Wildman–Crippen MR) is 97.9 cm³/mol. The van der Waals surface area contributed by atoms with Crippen LogP contribution in [0.5, 0.6) is 0 Å². The highest BCUT2D eigenvalue weighted by atomic mass is 16.4. The summed E-state index contributed by atoms with van der Waals surface area (Å²) >= 11 is 0. The van der Waals surface area contributed by atoms with Gasteiger partial charge in [0, 0.05) is 26.2 Å². The Morgan fingerprint density at radius 1 is 0.815 bits per heavy atom. The van der Waals surface area contributed by atoms with E-state index in [1.54, 1.807) is 23.6 Å². The topological polar surface area (TPSA) is 207 Å². The van der Waals surface area contributed by atoms with E-state index < -0.39 is 12.1 Å². The second-order valence-corrected chi connectivity index (χ2v) is 5.52. The maximum atomic E-state index is 10.8. The number of hydrazone groups is 2. The van der Waals surface area contributed by atoms with Crippen LogP contribution < -0.4 is 22.3 Å². The predicted octanol–water partition coefficient (Wildman–Crippen LogP) is -1.34. The molecule has 0 atom stereocenters. The third-order valence-electron chi connectivity index (χ3n) is 3.60. The highest BCUT2D eigenvalue weighted by Gasteiger charge is 2.23. The van der Waals surface area contributed by atoms with Gasteiger partial charge < -0.3 is 31.7 Å². The molecule has 14 heteroatoms. The number of amidine groups is 2. The van der Waals surface area contributed by atoms with E-state index >= 15 is 0 Å². The highest BCUT2D eigenvalue weighted by molar-refractivity contribution is 6.41. The molecular formula is C13H24N10O4. The number of hydrogen-bond acceptors (Lipinski definition) is 8. The van der Waals surface area contributed by atoms with Crippen LogP contribution in [0.3, 0.4) is 0 Å². The zero-order valence-electron chi connectivity index (χ0n) is 15.1. The summed E-state index contributed by atoms with van der Waals surface area (Å²) in [6, 6.07) is -1.67. The number of nitrogens with one attached hydrogen (secondary N) is 2. The van der Waals surface area contributed by atoms with Crippen molar-refractivity contribution < 1.29 is 20.0 Å². The molecule has 1 aliphatic rings. The smallest absolute Gasteiger partial charge is 0.332 e. The zero-order chi connectivity index (χ0) is 20.4. The minimum atomic E-state index is -0.836. The van der Waals surface area contributed by atoms with Gasteiger partial charge in [0.25, 0.3) is 0 Å². The summed E-state index contributed by atoms with van der Waals surface area (Å²) in [4.78, 5) is 25.0. The Morgan fingerprint density at radius 2 is 1.19 bits per heavy atom. The van der Waals surface area contributed by atoms with Crippen molar-refractivity contribution in [3.05, 3.63) is 0 Å². The number of rotatable bonds is 4. The Hall–Kier alpha value is -3.58. The van der Waals surface area contributed by atoms with Crippen molar-refractivity contribution in [2.45, 2.75) is 20.3 Å². The molecule has 0 unspecified atom stereocenters. The quantitative estimate of drug-likeness (QED) is 0.149. The van der Waals surface area contributed by atoms with E-state index in [9.17, 15) is 20.0 Å². The first-order chi connectivity index (χ1) is 12.8. The lowest BCUT2D eigenvalue weighted by Gasteiger charge is -2.24. The average molecular weight is 384 g/mol. The van der Waals surface area contributed by atoms with Crippen LogP contribution in [0.25, 0.3) is 0 Å². The molecule has 1 heterocycles. The average Bonchev–Trinajstić information content (AvgIpc) is 2.86. The molecule has 0 spiro atoms. The van der Waals surface area contributed by atoms with Gasteiger partial charge in [-0.2, -0.15) is 10.2 Å². The molecule has 1 aliphatic heterocycles. The fraction of sp³-hybridized carbons (Fsp3) is 0.538. The fourth-order valence-corrected chi connectivity index (χ4v) is 2.45. The van der Waals surface area contributed by atoms with Gasteiger partial charge in [0.15, 0.2) is 11.7 Å². The second kappa shape index (κ2) is 10.4. The van der Waals surface area contributed by atoms with E-state index in [2.05, 4.69) is 31.4 Å². The minimum Gasteiger partial charge on any atom is -0.409 e. The van der Waals surface area contributed by atoms with Crippen molar-refractivity contribution in [1.29, 1.82) is 0 Å². The van der Waals surface area contributed by atoms with Gasteiger partial charge in [0.2, 0.25) is 0 Å². The molecule has 27 heavy (non-hydrogen) atoms. The summed E-state index contributed by atoms with van der Waals surface area (Å²) in [5, 5.41) is 32.6. The normalized spacial score (nSPS) is 17.4. The highest BCUT2D eigenvalue weighted by Crippen LogP contribution is 2.07. The number of hydrogen-bond donors (Lipinski definition) is 6. The summed E-state index contributed by atoms with van der Waals surface area (Å²) in [7, 11) is 0. The Labute approximate surface area is 155 Å². The Morgan fingerprint density at radius 3 is 1.48 bits per heavy atom. The van der Waals surface area contributed by atoms with E-state index in [0.717, 1.165) is 0 Å². The van der Waals surface area contributed by atoms with E-state index in [1.807, 2.05) is 0 Å². The number of oxime groups is 2. The zero-order valence-corrected chi connectivity index (χ0v) is 15.1. The molecule has 0 saturated carbocycles. The molecule has 8 N–H and O–H groups in total.